The number of benzene rings is 3. The highest BCUT2D eigenvalue weighted by Crippen LogP contribution is 2.54. The van der Waals surface area contributed by atoms with Gasteiger partial charge in [-0.15, -0.1) is 0 Å². The van der Waals surface area contributed by atoms with Gasteiger partial charge in [0.2, 0.25) is 0 Å². The second kappa shape index (κ2) is 7.89. The Balaban J connectivity index is 0.00000261. The molecule has 0 nitrogen and oxygen atoms in total. The molecule has 2 heteroatoms. The highest BCUT2D eigenvalue weighted by atomic mass is 127. The number of hydrogen-bond donors (Lipinski definition) is 0. The Hall–Kier alpha value is -1.18. The smallest absolute Gasteiger partial charge is 0.111 e. The van der Waals surface area contributed by atoms with Crippen LogP contribution < -0.4 is 39.9 Å². The summed E-state index contributed by atoms with van der Waals surface area (Å²) in [4.78, 5) is 0. The van der Waals surface area contributed by atoms with Crippen molar-refractivity contribution in [3.05, 3.63) is 91.0 Å². The largest absolute Gasteiger partial charge is 1.00 e. The summed E-state index contributed by atoms with van der Waals surface area (Å²) in [6, 6.07) is 27.7. The predicted octanol–water partition coefficient (Wildman–Crippen LogP) is 1.00. The number of hydrogen-bond acceptors (Lipinski definition) is 0. The minimum atomic E-state index is -3.11. The fourth-order valence-electron chi connectivity index (χ4n) is 2.60. The molecule has 0 saturated carbocycles. The molecule has 0 aliphatic rings. The summed E-state index contributed by atoms with van der Waals surface area (Å²) in [5, 5.41) is 2.16. The summed E-state index contributed by atoms with van der Waals surface area (Å²) in [6.07, 6.45) is -2.43. The Labute approximate surface area is 158 Å². The van der Waals surface area contributed by atoms with E-state index >= 15 is 0 Å². The SMILES string of the molecule is [2H]C([2H])([2H])C([2H])([2H])[P+](c1ccccc1)(c1ccccc1)c1ccccc1.[I-]. The van der Waals surface area contributed by atoms with E-state index in [0.29, 0.717) is 0 Å². The summed E-state index contributed by atoms with van der Waals surface area (Å²) >= 11 is 0. The molecule has 0 bridgehead atoms. The Morgan fingerprint density at radius 1 is 0.682 bits per heavy atom. The Morgan fingerprint density at radius 2 is 1.00 bits per heavy atom. The van der Waals surface area contributed by atoms with Crippen LogP contribution in [0, 0.1) is 0 Å². The van der Waals surface area contributed by atoms with Crippen molar-refractivity contribution in [2.24, 2.45) is 0 Å². The van der Waals surface area contributed by atoms with Crippen LogP contribution >= 0.6 is 7.26 Å². The van der Waals surface area contributed by atoms with Crippen molar-refractivity contribution in [3.63, 3.8) is 0 Å². The molecular weight excluding hydrogens is 398 g/mol. The van der Waals surface area contributed by atoms with E-state index in [1.54, 1.807) is 0 Å². The van der Waals surface area contributed by atoms with Crippen LogP contribution in [0.15, 0.2) is 91.0 Å². The second-order valence-corrected chi connectivity index (χ2v) is 7.90. The van der Waals surface area contributed by atoms with Gasteiger partial charge in [0.05, 0.1) is 8.86 Å². The molecule has 0 heterocycles. The lowest BCUT2D eigenvalue weighted by Crippen LogP contribution is -3.00. The van der Waals surface area contributed by atoms with Gasteiger partial charge in [0, 0.05) is 4.11 Å². The zero-order valence-electron chi connectivity index (χ0n) is 17.0. The lowest BCUT2D eigenvalue weighted by atomic mass is 10.4. The maximum absolute atomic E-state index is 8.85. The van der Waals surface area contributed by atoms with Crippen molar-refractivity contribution in [2.75, 3.05) is 6.11 Å². The van der Waals surface area contributed by atoms with E-state index < -0.39 is 20.2 Å². The lowest BCUT2D eigenvalue weighted by Gasteiger charge is -2.26. The molecule has 0 saturated heterocycles. The van der Waals surface area contributed by atoms with Crippen LogP contribution in [0.25, 0.3) is 0 Å². The van der Waals surface area contributed by atoms with Gasteiger partial charge in [0.15, 0.2) is 0 Å². The summed E-state index contributed by atoms with van der Waals surface area (Å²) in [6.45, 7) is -2.78. The molecule has 3 aromatic rings. The van der Waals surface area contributed by atoms with E-state index in [9.17, 15) is 0 Å². The minimum Gasteiger partial charge on any atom is -1.00 e. The monoisotopic (exact) mass is 423 g/mol. The lowest BCUT2D eigenvalue weighted by molar-refractivity contribution is -0.00000409. The van der Waals surface area contributed by atoms with Crippen molar-refractivity contribution in [3.8, 4) is 0 Å². The third kappa shape index (κ3) is 3.11. The highest BCUT2D eigenvalue weighted by Gasteiger charge is 2.43. The van der Waals surface area contributed by atoms with E-state index in [1.165, 1.54) is 0 Å². The van der Waals surface area contributed by atoms with Gasteiger partial charge in [-0.2, -0.15) is 0 Å². The van der Waals surface area contributed by atoms with Gasteiger partial charge >= 0.3 is 0 Å². The van der Waals surface area contributed by atoms with Crippen molar-refractivity contribution >= 4 is 23.2 Å². The second-order valence-electron chi connectivity index (χ2n) is 4.79. The molecular formula is C20H20IP. The first-order valence-corrected chi connectivity index (χ1v) is 8.67. The molecule has 0 aliphatic carbocycles. The molecule has 0 aromatic heterocycles. The van der Waals surface area contributed by atoms with Crippen molar-refractivity contribution in [2.45, 2.75) is 6.85 Å². The fourth-order valence-corrected chi connectivity index (χ4v) is 5.74. The van der Waals surface area contributed by atoms with Gasteiger partial charge in [-0.1, -0.05) is 54.6 Å². The van der Waals surface area contributed by atoms with Crippen LogP contribution in [0.3, 0.4) is 0 Å². The maximum atomic E-state index is 8.85. The van der Waals surface area contributed by atoms with Gasteiger partial charge in [0.25, 0.3) is 0 Å². The zero-order valence-corrected chi connectivity index (χ0v) is 15.0. The maximum Gasteiger partial charge on any atom is 0.111 e. The summed E-state index contributed by atoms with van der Waals surface area (Å²) in [7, 11) is -3.11. The molecule has 0 atom stereocenters. The van der Waals surface area contributed by atoms with Crippen LogP contribution in [-0.4, -0.2) is 6.11 Å². The standard InChI is InChI=1S/C20H20P.HI/c1-2-21(18-12-6-3-7-13-18,19-14-8-4-9-15-19)20-16-10-5-11-17-20;/h3-17H,2H2,1H3;1H/q+1;/p-1/i1D3,2D2;. The van der Waals surface area contributed by atoms with Crippen molar-refractivity contribution in [1.82, 2.24) is 0 Å². The molecule has 0 radical (unpaired) electrons. The topological polar surface area (TPSA) is 0 Å². The molecule has 0 N–H and O–H groups in total. The van der Waals surface area contributed by atoms with Crippen molar-refractivity contribution in [1.29, 1.82) is 0 Å². The van der Waals surface area contributed by atoms with Crippen LogP contribution in [0.5, 0.6) is 0 Å². The fraction of sp³-hybridized carbons (Fsp3) is 0.100. The van der Waals surface area contributed by atoms with E-state index in [-0.39, 0.29) is 24.0 Å². The van der Waals surface area contributed by atoms with Crippen LogP contribution in [0.2, 0.25) is 0 Å². The first kappa shape index (κ1) is 11.4. The molecule has 0 spiro atoms. The van der Waals surface area contributed by atoms with Gasteiger partial charge in [0.1, 0.15) is 23.2 Å². The molecule has 0 amide bonds. The van der Waals surface area contributed by atoms with Crippen LogP contribution in [0.1, 0.15) is 13.7 Å². The van der Waals surface area contributed by atoms with Crippen molar-refractivity contribution < 1.29 is 30.8 Å². The van der Waals surface area contributed by atoms with E-state index in [0.717, 1.165) is 15.9 Å². The molecule has 3 aromatic carbocycles. The third-order valence-electron chi connectivity index (χ3n) is 3.60. The highest BCUT2D eigenvalue weighted by molar-refractivity contribution is 7.95. The summed E-state index contributed by atoms with van der Waals surface area (Å²) in [5.41, 5.74) is 0. The Morgan fingerprint density at radius 3 is 1.27 bits per heavy atom. The predicted molar refractivity (Wildman–Crippen MR) is 95.7 cm³/mol. The Bertz CT molecular complexity index is 755. The third-order valence-corrected chi connectivity index (χ3v) is 7.15. The van der Waals surface area contributed by atoms with Crippen LogP contribution in [-0.2, 0) is 0 Å². The van der Waals surface area contributed by atoms with Gasteiger partial charge in [-0.25, -0.2) is 0 Å². The van der Waals surface area contributed by atoms with Gasteiger partial charge in [-0.05, 0) is 43.3 Å². The molecule has 22 heavy (non-hydrogen) atoms. The van der Waals surface area contributed by atoms with E-state index in [1.807, 2.05) is 91.0 Å². The zero-order chi connectivity index (χ0) is 18.8. The molecule has 0 fully saturated rings. The minimum absolute atomic E-state index is 0. The van der Waals surface area contributed by atoms with Gasteiger partial charge < -0.3 is 24.0 Å². The number of halogens is 1. The van der Waals surface area contributed by atoms with Gasteiger partial charge in [-0.3, -0.25) is 0 Å². The first-order chi connectivity index (χ1) is 12.3. The first-order valence-electron chi connectivity index (χ1n) is 9.38. The molecule has 3 rings (SSSR count). The van der Waals surface area contributed by atoms with E-state index in [2.05, 4.69) is 0 Å². The molecule has 0 aliphatic heterocycles. The van der Waals surface area contributed by atoms with Crippen LogP contribution in [0.4, 0.5) is 0 Å². The summed E-state index contributed by atoms with van der Waals surface area (Å²) in [5.74, 6) is 0. The average Bonchev–Trinajstić information content (AvgIpc) is 2.64. The normalized spacial score (nSPS) is 15.4. The summed E-state index contributed by atoms with van der Waals surface area (Å²) < 4.78 is 41.8. The van der Waals surface area contributed by atoms with E-state index in [4.69, 9.17) is 6.85 Å². The number of rotatable bonds is 4. The quantitative estimate of drug-likeness (QED) is 0.434. The molecule has 0 unspecified atom stereocenters. The molecule has 112 valence electrons. The Kier molecular flexibility index (Phi) is 4.08. The average molecular weight is 423 g/mol.